The molecule has 0 bridgehead atoms. The predicted molar refractivity (Wildman–Crippen MR) is 110 cm³/mol. The third kappa shape index (κ3) is 2.48. The second-order valence-electron chi connectivity index (χ2n) is 8.76. The van der Waals surface area contributed by atoms with Crippen LogP contribution in [0.15, 0.2) is 35.1 Å². The highest BCUT2D eigenvalue weighted by Crippen LogP contribution is 2.56. The van der Waals surface area contributed by atoms with Gasteiger partial charge in [0.25, 0.3) is 5.91 Å². The molecule has 4 rings (SSSR count). The summed E-state index contributed by atoms with van der Waals surface area (Å²) in [7, 11) is 2.97. The fraction of sp³-hybridized carbons (Fsp3) is 0.364. The van der Waals surface area contributed by atoms with E-state index >= 15 is 0 Å². The van der Waals surface area contributed by atoms with Crippen molar-refractivity contribution in [3.05, 3.63) is 52.7 Å². The zero-order chi connectivity index (χ0) is 23.9. The number of ketones is 2. The molecule has 3 aliphatic rings. The molecule has 0 saturated heterocycles. The van der Waals surface area contributed by atoms with E-state index in [1.807, 2.05) is 0 Å². The molecule has 7 N–H and O–H groups in total. The number of likely N-dealkylation sites (N-methyl/N-ethyl adjacent to an activating group) is 1. The molecule has 1 aromatic carbocycles. The van der Waals surface area contributed by atoms with E-state index in [2.05, 4.69) is 0 Å². The van der Waals surface area contributed by atoms with Crippen molar-refractivity contribution < 1.29 is 39.9 Å². The van der Waals surface area contributed by atoms with Crippen LogP contribution in [0.4, 0.5) is 0 Å². The Morgan fingerprint density at radius 2 is 1.75 bits per heavy atom. The van der Waals surface area contributed by atoms with Gasteiger partial charge >= 0.3 is 0 Å². The van der Waals surface area contributed by atoms with E-state index in [1.165, 1.54) is 50.5 Å². The highest BCUT2D eigenvalue weighted by Gasteiger charge is 2.66. The minimum Gasteiger partial charge on any atom is -0.508 e. The van der Waals surface area contributed by atoms with Gasteiger partial charge in [-0.1, -0.05) is 12.1 Å². The molecule has 10 heteroatoms. The lowest BCUT2D eigenvalue weighted by atomic mass is 9.54. The first-order chi connectivity index (χ1) is 14.8. The molecular weight excluding hydrogens is 420 g/mol. The Hall–Kier alpha value is -3.21. The number of Topliss-reactive ketones (excluding diaryl/α,β-unsaturated/α-hetero) is 2. The molecule has 3 aliphatic carbocycles. The summed E-state index contributed by atoms with van der Waals surface area (Å²) in [4.78, 5) is 39.9. The number of carbonyl (C=O) groups excluding carboxylic acids is 3. The second-order valence-corrected chi connectivity index (χ2v) is 8.76. The highest BCUT2D eigenvalue weighted by atomic mass is 16.3. The number of aliphatic hydroxyl groups excluding tert-OH is 2. The van der Waals surface area contributed by atoms with Crippen LogP contribution in [-0.4, -0.2) is 73.6 Å². The van der Waals surface area contributed by atoms with Crippen molar-refractivity contribution in [1.29, 1.82) is 0 Å². The van der Waals surface area contributed by atoms with Gasteiger partial charge in [0, 0.05) is 17.4 Å². The number of nitrogens with zero attached hydrogens (tertiary/aromatic N) is 1. The van der Waals surface area contributed by atoms with Crippen LogP contribution in [0.5, 0.6) is 5.75 Å². The number of rotatable bonds is 2. The number of phenolic OH excluding ortho intramolecular Hbond substituents is 1. The number of nitrogens with two attached hydrogens (primary N) is 1. The smallest absolute Gasteiger partial charge is 0.255 e. The number of phenols is 1. The molecule has 1 fully saturated rings. The third-order valence-corrected chi connectivity index (χ3v) is 6.73. The Labute approximate surface area is 182 Å². The van der Waals surface area contributed by atoms with Gasteiger partial charge in [-0.05, 0) is 39.1 Å². The Balaban J connectivity index is 2.05. The standard InChI is InChI=1S/C22H23N2O8/c1-21(31)8-5-4-6-11(25)12(8)16(26)13-9(21)7-10-15(24(2)3)17(27)14(20(23)30)19(29)22(10,32)18(13)28/h4-7,9-10,15,25-26,29,31-32H,1-3H3,(H2,23,30). The molecule has 5 unspecified atom stereocenters. The number of primary amides is 1. The van der Waals surface area contributed by atoms with Crippen molar-refractivity contribution in [3.8, 4) is 5.75 Å². The second kappa shape index (κ2) is 6.64. The molecular formula is C22H23N2O8. The Morgan fingerprint density at radius 1 is 1.12 bits per heavy atom. The summed E-state index contributed by atoms with van der Waals surface area (Å²) in [5.74, 6) is -8.30. The maximum atomic E-state index is 13.6. The van der Waals surface area contributed by atoms with Crippen molar-refractivity contribution in [2.75, 3.05) is 14.1 Å². The minimum atomic E-state index is -2.80. The maximum Gasteiger partial charge on any atom is 0.255 e. The van der Waals surface area contributed by atoms with E-state index in [-0.39, 0.29) is 11.1 Å². The molecule has 0 aliphatic heterocycles. The first-order valence-corrected chi connectivity index (χ1v) is 9.82. The molecule has 1 radical (unpaired) electrons. The van der Waals surface area contributed by atoms with Crippen LogP contribution < -0.4 is 5.73 Å². The van der Waals surface area contributed by atoms with Crippen molar-refractivity contribution in [2.24, 2.45) is 17.6 Å². The molecule has 0 spiro atoms. The molecule has 169 valence electrons. The zero-order valence-corrected chi connectivity index (χ0v) is 17.5. The molecule has 10 nitrogen and oxygen atoms in total. The summed E-state index contributed by atoms with van der Waals surface area (Å²) in [5, 5.41) is 54.8. The fourth-order valence-corrected chi connectivity index (χ4v) is 5.19. The topological polar surface area (TPSA) is 182 Å². The lowest BCUT2D eigenvalue weighted by molar-refractivity contribution is -0.152. The fourth-order valence-electron chi connectivity index (χ4n) is 5.19. The third-order valence-electron chi connectivity index (χ3n) is 6.73. The van der Waals surface area contributed by atoms with Gasteiger partial charge in [0.15, 0.2) is 11.4 Å². The van der Waals surface area contributed by atoms with Crippen LogP contribution in [0.3, 0.4) is 0 Å². The Morgan fingerprint density at radius 3 is 2.31 bits per heavy atom. The van der Waals surface area contributed by atoms with E-state index in [0.717, 1.165) is 0 Å². The maximum absolute atomic E-state index is 13.6. The molecule has 1 amide bonds. The molecule has 5 atom stereocenters. The van der Waals surface area contributed by atoms with Gasteiger partial charge in [0.05, 0.1) is 17.2 Å². The molecule has 1 aromatic rings. The van der Waals surface area contributed by atoms with Crippen LogP contribution in [0.25, 0.3) is 5.76 Å². The van der Waals surface area contributed by atoms with Gasteiger partial charge in [-0.25, -0.2) is 0 Å². The molecule has 0 heterocycles. The predicted octanol–water partition coefficient (Wildman–Crippen LogP) is -0.557. The van der Waals surface area contributed by atoms with Gasteiger partial charge < -0.3 is 31.3 Å². The van der Waals surface area contributed by atoms with E-state index in [4.69, 9.17) is 5.73 Å². The molecule has 0 aromatic heterocycles. The highest BCUT2D eigenvalue weighted by molar-refractivity contribution is 6.24. The monoisotopic (exact) mass is 443 g/mol. The quantitative estimate of drug-likeness (QED) is 0.327. The van der Waals surface area contributed by atoms with Gasteiger partial charge in [-0.2, -0.15) is 0 Å². The number of benzene rings is 1. The SMILES string of the molecule is CN(C)C1C(=O)C(C(N)=O)=C(O)C2(O)C(=O)C3=C(O)c4c(O)cccc4C(C)(O)C3[CH]C12. The van der Waals surface area contributed by atoms with Gasteiger partial charge in [0.1, 0.15) is 22.8 Å². The number of hydrogen-bond donors (Lipinski definition) is 6. The van der Waals surface area contributed by atoms with E-state index in [0.29, 0.717) is 0 Å². The molecule has 32 heavy (non-hydrogen) atoms. The first kappa shape index (κ1) is 22.0. The largest absolute Gasteiger partial charge is 0.508 e. The van der Waals surface area contributed by atoms with Crippen LogP contribution in [0.2, 0.25) is 0 Å². The number of carbonyl (C=O) groups is 3. The Kier molecular flexibility index (Phi) is 4.57. The van der Waals surface area contributed by atoms with Crippen molar-refractivity contribution >= 4 is 23.2 Å². The molecule has 1 saturated carbocycles. The van der Waals surface area contributed by atoms with E-state index in [9.17, 15) is 39.9 Å². The van der Waals surface area contributed by atoms with Gasteiger partial charge in [-0.15, -0.1) is 0 Å². The minimum absolute atomic E-state index is 0.138. The van der Waals surface area contributed by atoms with Gasteiger partial charge in [0.2, 0.25) is 5.78 Å². The number of amides is 1. The average molecular weight is 443 g/mol. The number of aromatic hydroxyl groups is 1. The van der Waals surface area contributed by atoms with Crippen LogP contribution in [-0.2, 0) is 20.0 Å². The van der Waals surface area contributed by atoms with Crippen molar-refractivity contribution in [3.63, 3.8) is 0 Å². The normalized spacial score (nSPS) is 34.4. The Bertz CT molecular complexity index is 1150. The number of aliphatic hydroxyl groups is 4. The van der Waals surface area contributed by atoms with Gasteiger partial charge in [-0.3, -0.25) is 19.3 Å². The van der Waals surface area contributed by atoms with Crippen LogP contribution in [0, 0.1) is 18.3 Å². The van der Waals surface area contributed by atoms with Crippen LogP contribution in [0.1, 0.15) is 18.1 Å². The van der Waals surface area contributed by atoms with E-state index in [1.54, 1.807) is 0 Å². The van der Waals surface area contributed by atoms with Crippen molar-refractivity contribution in [2.45, 2.75) is 24.2 Å². The average Bonchev–Trinajstić information content (AvgIpc) is 2.68. The lowest BCUT2D eigenvalue weighted by Gasteiger charge is -2.52. The van der Waals surface area contributed by atoms with Crippen LogP contribution >= 0.6 is 0 Å². The first-order valence-electron chi connectivity index (χ1n) is 9.82. The number of hydrogen-bond acceptors (Lipinski definition) is 9. The van der Waals surface area contributed by atoms with Crippen molar-refractivity contribution in [1.82, 2.24) is 4.90 Å². The zero-order valence-electron chi connectivity index (χ0n) is 17.5. The summed E-state index contributed by atoms with van der Waals surface area (Å²) >= 11 is 0. The summed E-state index contributed by atoms with van der Waals surface area (Å²) in [6.07, 6.45) is 1.32. The summed E-state index contributed by atoms with van der Waals surface area (Å²) in [6, 6.07) is 2.92. The summed E-state index contributed by atoms with van der Waals surface area (Å²) < 4.78 is 0. The summed E-state index contributed by atoms with van der Waals surface area (Å²) in [5.41, 5.74) is -0.796. The number of fused-ring (bicyclic) bond motifs is 3. The lowest BCUT2D eigenvalue weighted by Crippen LogP contribution is -2.67. The van der Waals surface area contributed by atoms with E-state index < -0.39 is 75.0 Å². The summed E-state index contributed by atoms with van der Waals surface area (Å²) in [6.45, 7) is 1.37.